The van der Waals surface area contributed by atoms with Gasteiger partial charge >= 0.3 is 0 Å². The fourth-order valence-corrected chi connectivity index (χ4v) is 3.88. The molecule has 0 saturated carbocycles. The number of unbranched alkanes of at least 4 members (excludes halogenated alkanes) is 17. The van der Waals surface area contributed by atoms with Crippen LogP contribution in [0.25, 0.3) is 6.08 Å². The smallest absolute Gasteiger partial charge is 0.164 e. The minimum absolute atomic E-state index is 0.0221. The predicted molar refractivity (Wildman–Crippen MR) is 128 cm³/mol. The summed E-state index contributed by atoms with van der Waals surface area (Å²) in [6, 6.07) is 5.08. The van der Waals surface area contributed by atoms with Crippen molar-refractivity contribution >= 4 is 6.08 Å². The fraction of sp³-hybridized carbons (Fsp3) is 0.704. The van der Waals surface area contributed by atoms with E-state index in [1.165, 1.54) is 115 Å². The lowest BCUT2D eigenvalue weighted by molar-refractivity contribution is 0.403. The highest BCUT2D eigenvalue weighted by Gasteiger charge is 2.01. The van der Waals surface area contributed by atoms with Crippen LogP contribution in [-0.2, 0) is 0 Å². The monoisotopic (exact) mass is 402 g/mol. The number of phenols is 2. The Bertz CT molecular complexity index is 521. The second-order valence-electron chi connectivity index (χ2n) is 8.56. The molecule has 0 aliphatic carbocycles. The van der Waals surface area contributed by atoms with Gasteiger partial charge in [-0.25, -0.2) is 0 Å². The summed E-state index contributed by atoms with van der Waals surface area (Å²) in [6.07, 6.45) is 28.8. The van der Waals surface area contributed by atoms with Crippen LogP contribution in [0.15, 0.2) is 24.3 Å². The van der Waals surface area contributed by atoms with Gasteiger partial charge in [0.25, 0.3) is 0 Å². The first-order valence-electron chi connectivity index (χ1n) is 12.4. The molecule has 29 heavy (non-hydrogen) atoms. The number of aromatic hydroxyl groups is 2. The second-order valence-corrected chi connectivity index (χ2v) is 8.56. The number of rotatable bonds is 19. The molecule has 0 fully saturated rings. The third kappa shape index (κ3) is 14.2. The van der Waals surface area contributed by atoms with Crippen LogP contribution in [0.2, 0.25) is 0 Å². The Morgan fingerprint density at radius 3 is 1.55 bits per heavy atom. The van der Waals surface area contributed by atoms with E-state index in [1.54, 1.807) is 6.07 Å². The van der Waals surface area contributed by atoms with Gasteiger partial charge in [0.15, 0.2) is 11.5 Å². The van der Waals surface area contributed by atoms with Gasteiger partial charge in [0.05, 0.1) is 0 Å². The molecule has 0 saturated heterocycles. The van der Waals surface area contributed by atoms with E-state index in [0.717, 1.165) is 6.42 Å². The zero-order valence-corrected chi connectivity index (χ0v) is 19.0. The molecule has 2 nitrogen and oxygen atoms in total. The summed E-state index contributed by atoms with van der Waals surface area (Å²) in [4.78, 5) is 0. The number of allylic oxidation sites excluding steroid dienone is 1. The number of hydrogen-bond donors (Lipinski definition) is 2. The molecule has 2 N–H and O–H groups in total. The Balaban J connectivity index is 1.80. The van der Waals surface area contributed by atoms with Crippen molar-refractivity contribution in [3.05, 3.63) is 29.8 Å². The van der Waals surface area contributed by atoms with E-state index in [2.05, 4.69) is 13.0 Å². The van der Waals surface area contributed by atoms with Gasteiger partial charge in [-0.05, 0) is 18.9 Å². The zero-order chi connectivity index (χ0) is 21.0. The largest absolute Gasteiger partial charge is 0.504 e. The molecule has 1 aromatic rings. The molecular formula is C27H46O2. The second kappa shape index (κ2) is 18.6. The topological polar surface area (TPSA) is 40.5 Å². The molecule has 0 radical (unpaired) electrons. The number of phenolic OH excluding ortho intramolecular Hbond substituents is 2. The summed E-state index contributed by atoms with van der Waals surface area (Å²) in [5.74, 6) is -0.0730. The van der Waals surface area contributed by atoms with Gasteiger partial charge < -0.3 is 10.2 Å². The SMILES string of the molecule is CCCCCCCCCCCCCCCCCCCC=Cc1cccc(O)c1O. The lowest BCUT2D eigenvalue weighted by atomic mass is 10.0. The molecule has 1 aromatic carbocycles. The van der Waals surface area contributed by atoms with E-state index >= 15 is 0 Å². The van der Waals surface area contributed by atoms with E-state index < -0.39 is 0 Å². The molecule has 0 bridgehead atoms. The maximum absolute atomic E-state index is 9.75. The van der Waals surface area contributed by atoms with E-state index in [9.17, 15) is 10.2 Å². The van der Waals surface area contributed by atoms with Gasteiger partial charge in [-0.3, -0.25) is 0 Å². The van der Waals surface area contributed by atoms with Crippen molar-refractivity contribution in [2.75, 3.05) is 0 Å². The van der Waals surface area contributed by atoms with Crippen LogP contribution in [0.5, 0.6) is 11.5 Å². The number of benzene rings is 1. The fourth-order valence-electron chi connectivity index (χ4n) is 3.88. The Morgan fingerprint density at radius 1 is 0.621 bits per heavy atom. The molecular weight excluding hydrogens is 356 g/mol. The van der Waals surface area contributed by atoms with E-state index in [-0.39, 0.29) is 11.5 Å². The molecule has 0 heterocycles. The van der Waals surface area contributed by atoms with Gasteiger partial charge in [-0.1, -0.05) is 134 Å². The van der Waals surface area contributed by atoms with Crippen molar-refractivity contribution in [2.45, 2.75) is 122 Å². The van der Waals surface area contributed by atoms with Crippen molar-refractivity contribution in [1.82, 2.24) is 0 Å². The predicted octanol–water partition coefficient (Wildman–Crippen LogP) is 9.15. The minimum Gasteiger partial charge on any atom is -0.504 e. The Morgan fingerprint density at radius 2 is 1.07 bits per heavy atom. The first-order valence-corrected chi connectivity index (χ1v) is 12.4. The molecule has 0 unspecified atom stereocenters. The Labute approximate surface area is 180 Å². The summed E-state index contributed by atoms with van der Waals surface area (Å²) in [7, 11) is 0. The molecule has 0 aliphatic heterocycles. The van der Waals surface area contributed by atoms with Crippen molar-refractivity contribution in [3.63, 3.8) is 0 Å². The number of para-hydroxylation sites is 1. The van der Waals surface area contributed by atoms with Gasteiger partial charge in [0, 0.05) is 5.56 Å². The Hall–Kier alpha value is -1.44. The molecule has 0 aromatic heterocycles. The highest BCUT2D eigenvalue weighted by molar-refractivity contribution is 5.61. The summed E-state index contributed by atoms with van der Waals surface area (Å²) >= 11 is 0. The minimum atomic E-state index is -0.0510. The number of hydrogen-bond acceptors (Lipinski definition) is 2. The molecule has 0 aliphatic rings. The van der Waals surface area contributed by atoms with Crippen LogP contribution in [-0.4, -0.2) is 10.2 Å². The van der Waals surface area contributed by atoms with Gasteiger partial charge in [0.1, 0.15) is 0 Å². The van der Waals surface area contributed by atoms with E-state index in [0.29, 0.717) is 5.56 Å². The van der Waals surface area contributed by atoms with Crippen LogP contribution in [0, 0.1) is 0 Å². The van der Waals surface area contributed by atoms with Crippen LogP contribution in [0.1, 0.15) is 128 Å². The van der Waals surface area contributed by atoms with Crippen molar-refractivity contribution in [2.24, 2.45) is 0 Å². The van der Waals surface area contributed by atoms with E-state index in [4.69, 9.17) is 0 Å². The lowest BCUT2D eigenvalue weighted by Crippen LogP contribution is -1.83. The molecule has 0 spiro atoms. The van der Waals surface area contributed by atoms with Crippen LogP contribution in [0.3, 0.4) is 0 Å². The highest BCUT2D eigenvalue weighted by atomic mass is 16.3. The molecule has 2 heteroatoms. The third-order valence-electron chi connectivity index (χ3n) is 5.82. The summed E-state index contributed by atoms with van der Waals surface area (Å²) in [5.41, 5.74) is 0.692. The van der Waals surface area contributed by atoms with Gasteiger partial charge in [0.2, 0.25) is 0 Å². The zero-order valence-electron chi connectivity index (χ0n) is 19.0. The average molecular weight is 403 g/mol. The van der Waals surface area contributed by atoms with Crippen molar-refractivity contribution < 1.29 is 10.2 Å². The van der Waals surface area contributed by atoms with Crippen molar-refractivity contribution in [1.29, 1.82) is 0 Å². The standard InChI is InChI=1S/C27H46O2/c1-2-3-4-5-6-7-8-9-10-11-12-13-14-15-16-17-18-19-20-22-25-23-21-24-26(28)27(25)29/h20-24,28-29H,2-19H2,1H3. The van der Waals surface area contributed by atoms with Crippen LogP contribution in [0.4, 0.5) is 0 Å². The first-order chi connectivity index (χ1) is 14.3. The van der Waals surface area contributed by atoms with Gasteiger partial charge in [-0.15, -0.1) is 0 Å². The first kappa shape index (κ1) is 25.6. The molecule has 0 atom stereocenters. The Kier molecular flexibility index (Phi) is 16.4. The average Bonchev–Trinajstić information content (AvgIpc) is 2.72. The maximum Gasteiger partial charge on any atom is 0.164 e. The quantitative estimate of drug-likeness (QED) is 0.179. The van der Waals surface area contributed by atoms with E-state index in [1.807, 2.05) is 12.1 Å². The maximum atomic E-state index is 9.75. The molecule has 166 valence electrons. The third-order valence-corrected chi connectivity index (χ3v) is 5.82. The normalized spacial score (nSPS) is 11.5. The summed E-state index contributed by atoms with van der Waals surface area (Å²) in [6.45, 7) is 2.29. The molecule has 0 amide bonds. The summed E-state index contributed by atoms with van der Waals surface area (Å²) < 4.78 is 0. The van der Waals surface area contributed by atoms with Crippen molar-refractivity contribution in [3.8, 4) is 11.5 Å². The molecule has 1 rings (SSSR count). The highest BCUT2D eigenvalue weighted by Crippen LogP contribution is 2.29. The lowest BCUT2D eigenvalue weighted by Gasteiger charge is -2.03. The van der Waals surface area contributed by atoms with Gasteiger partial charge in [-0.2, -0.15) is 0 Å². The van der Waals surface area contributed by atoms with Crippen LogP contribution >= 0.6 is 0 Å². The van der Waals surface area contributed by atoms with Crippen LogP contribution < -0.4 is 0 Å². The summed E-state index contributed by atoms with van der Waals surface area (Å²) in [5, 5.41) is 19.2.